The second-order valence-corrected chi connectivity index (χ2v) is 6.87. The topological polar surface area (TPSA) is 83.5 Å². The quantitative estimate of drug-likeness (QED) is 0.734. The zero-order chi connectivity index (χ0) is 15.9. The van der Waals surface area contributed by atoms with Crippen molar-refractivity contribution in [3.63, 3.8) is 0 Å². The molecule has 0 aliphatic heterocycles. The normalized spacial score (nSPS) is 13.0. The van der Waals surface area contributed by atoms with Crippen molar-refractivity contribution in [1.29, 1.82) is 0 Å². The smallest absolute Gasteiger partial charge is 0.335 e. The predicted octanol–water partition coefficient (Wildman–Crippen LogP) is 2.88. The summed E-state index contributed by atoms with van der Waals surface area (Å²) in [5, 5.41) is 8.91. The van der Waals surface area contributed by atoms with Gasteiger partial charge >= 0.3 is 5.97 Å². The van der Waals surface area contributed by atoms with Crippen LogP contribution in [0.4, 0.5) is 0 Å². The summed E-state index contributed by atoms with van der Waals surface area (Å²) >= 11 is 0. The van der Waals surface area contributed by atoms with E-state index in [4.69, 9.17) is 5.11 Å². The van der Waals surface area contributed by atoms with Gasteiger partial charge in [-0.25, -0.2) is 17.9 Å². The molecule has 118 valence electrons. The lowest BCUT2D eigenvalue weighted by molar-refractivity contribution is 0.0696. The molecule has 0 fully saturated rings. The van der Waals surface area contributed by atoms with E-state index >= 15 is 0 Å². The molecule has 0 amide bonds. The molecule has 5 nitrogen and oxygen atoms in total. The molecule has 0 aromatic heterocycles. The highest BCUT2D eigenvalue weighted by Gasteiger charge is 2.17. The van der Waals surface area contributed by atoms with Crippen molar-refractivity contribution in [1.82, 2.24) is 4.72 Å². The van der Waals surface area contributed by atoms with Crippen LogP contribution in [-0.4, -0.2) is 26.0 Å². The van der Waals surface area contributed by atoms with E-state index in [1.165, 1.54) is 24.3 Å². The Kier molecular flexibility index (Phi) is 6.84. The lowest BCUT2D eigenvalue weighted by atomic mass is 10.00. The lowest BCUT2D eigenvalue weighted by Crippen LogP contribution is -2.29. The van der Waals surface area contributed by atoms with Crippen molar-refractivity contribution in [2.45, 2.75) is 44.4 Å². The molecule has 0 saturated carbocycles. The Bertz CT molecular complexity index is 569. The van der Waals surface area contributed by atoms with Crippen LogP contribution < -0.4 is 4.72 Å². The lowest BCUT2D eigenvalue weighted by Gasteiger charge is -2.15. The van der Waals surface area contributed by atoms with E-state index in [1.807, 2.05) is 6.92 Å². The fourth-order valence-electron chi connectivity index (χ4n) is 2.05. The highest BCUT2D eigenvalue weighted by molar-refractivity contribution is 7.89. The summed E-state index contributed by atoms with van der Waals surface area (Å²) in [5.41, 5.74) is -0.0316. The van der Waals surface area contributed by atoms with Crippen molar-refractivity contribution in [2.24, 2.45) is 5.92 Å². The molecule has 0 saturated heterocycles. The van der Waals surface area contributed by atoms with E-state index in [0.717, 1.165) is 25.7 Å². The summed E-state index contributed by atoms with van der Waals surface area (Å²) in [6.45, 7) is 4.53. The fraction of sp³-hybridized carbons (Fsp3) is 0.533. The Morgan fingerprint density at radius 1 is 1.33 bits per heavy atom. The minimum Gasteiger partial charge on any atom is -0.478 e. The zero-order valence-corrected chi connectivity index (χ0v) is 13.3. The van der Waals surface area contributed by atoms with E-state index in [-0.39, 0.29) is 10.5 Å². The molecular formula is C15H23NO4S. The summed E-state index contributed by atoms with van der Waals surface area (Å²) in [5.74, 6) is -0.830. The summed E-state index contributed by atoms with van der Waals surface area (Å²) in [6.07, 6.45) is 4.07. The van der Waals surface area contributed by atoms with Crippen LogP contribution >= 0.6 is 0 Å². The molecule has 0 aliphatic rings. The first-order valence-corrected chi connectivity index (χ1v) is 8.72. The maximum Gasteiger partial charge on any atom is 0.335 e. The molecule has 0 unspecified atom stereocenters. The monoisotopic (exact) mass is 313 g/mol. The first kappa shape index (κ1) is 17.7. The van der Waals surface area contributed by atoms with Crippen LogP contribution in [0.1, 0.15) is 49.9 Å². The van der Waals surface area contributed by atoms with Gasteiger partial charge in [-0.05, 0) is 30.5 Å². The highest BCUT2D eigenvalue weighted by atomic mass is 32.2. The Hall–Kier alpha value is -1.40. The number of aromatic carboxylic acids is 1. The number of sulfonamides is 1. The first-order valence-electron chi connectivity index (χ1n) is 7.23. The van der Waals surface area contributed by atoms with Crippen LogP contribution in [0.2, 0.25) is 0 Å². The van der Waals surface area contributed by atoms with Crippen molar-refractivity contribution >= 4 is 16.0 Å². The van der Waals surface area contributed by atoms with Crippen LogP contribution in [0.25, 0.3) is 0 Å². The number of carboxylic acid groups (broad SMARTS) is 1. The molecule has 0 spiro atoms. The number of carbonyl (C=O) groups is 1. The highest BCUT2D eigenvalue weighted by Crippen LogP contribution is 2.15. The minimum atomic E-state index is -3.66. The molecule has 0 bridgehead atoms. The molecule has 0 aliphatic carbocycles. The third-order valence-electron chi connectivity index (χ3n) is 3.50. The fourth-order valence-corrected chi connectivity index (χ4v) is 3.21. The van der Waals surface area contributed by atoms with Gasteiger partial charge in [0.05, 0.1) is 10.5 Å². The summed E-state index contributed by atoms with van der Waals surface area (Å²) < 4.78 is 27.0. The number of rotatable bonds is 9. The maximum absolute atomic E-state index is 12.2. The van der Waals surface area contributed by atoms with Gasteiger partial charge in [0.25, 0.3) is 0 Å². The molecule has 1 aromatic carbocycles. The summed E-state index contributed by atoms with van der Waals surface area (Å²) in [6, 6.07) is 5.39. The van der Waals surface area contributed by atoms with Gasteiger partial charge < -0.3 is 5.11 Å². The van der Waals surface area contributed by atoms with Gasteiger partial charge in [-0.15, -0.1) is 0 Å². The second kappa shape index (κ2) is 8.14. The zero-order valence-electron chi connectivity index (χ0n) is 12.5. The van der Waals surface area contributed by atoms with Crippen LogP contribution in [-0.2, 0) is 10.0 Å². The van der Waals surface area contributed by atoms with Crippen molar-refractivity contribution in [3.05, 3.63) is 29.8 Å². The van der Waals surface area contributed by atoms with E-state index in [2.05, 4.69) is 11.6 Å². The molecule has 0 heterocycles. The number of benzene rings is 1. The Morgan fingerprint density at radius 2 is 2.05 bits per heavy atom. The Balaban J connectivity index is 2.77. The number of hydrogen-bond acceptors (Lipinski definition) is 3. The van der Waals surface area contributed by atoms with Gasteiger partial charge in [-0.2, -0.15) is 0 Å². The van der Waals surface area contributed by atoms with Crippen LogP contribution in [0.3, 0.4) is 0 Å². The SMILES string of the molecule is CCCC[C@H](CC)CNS(=O)(=O)c1cccc(C(=O)O)c1. The van der Waals surface area contributed by atoms with E-state index in [9.17, 15) is 13.2 Å². The standard InChI is InChI=1S/C15H23NO4S/c1-3-5-7-12(4-2)11-16-21(19,20)14-9-6-8-13(10-14)15(17)18/h6,8-10,12,16H,3-5,7,11H2,1-2H3,(H,17,18)/t12-/m0/s1. The molecule has 21 heavy (non-hydrogen) atoms. The second-order valence-electron chi connectivity index (χ2n) is 5.10. The average molecular weight is 313 g/mol. The average Bonchev–Trinajstić information content (AvgIpc) is 2.47. The van der Waals surface area contributed by atoms with Gasteiger partial charge in [0, 0.05) is 6.54 Å². The van der Waals surface area contributed by atoms with Crippen LogP contribution in [0.5, 0.6) is 0 Å². The summed E-state index contributed by atoms with van der Waals surface area (Å²) in [4.78, 5) is 10.9. The third-order valence-corrected chi connectivity index (χ3v) is 4.92. The van der Waals surface area contributed by atoms with Crippen molar-refractivity contribution in [2.75, 3.05) is 6.54 Å². The molecule has 1 aromatic rings. The van der Waals surface area contributed by atoms with Gasteiger partial charge in [-0.3, -0.25) is 0 Å². The molecule has 6 heteroatoms. The van der Waals surface area contributed by atoms with Gasteiger partial charge in [0.15, 0.2) is 0 Å². The number of hydrogen-bond donors (Lipinski definition) is 2. The van der Waals surface area contributed by atoms with Gasteiger partial charge in [0.1, 0.15) is 0 Å². The first-order chi connectivity index (χ1) is 9.90. The van der Waals surface area contributed by atoms with Crippen molar-refractivity contribution in [3.8, 4) is 0 Å². The minimum absolute atomic E-state index is 0.00672. The van der Waals surface area contributed by atoms with Gasteiger partial charge in [-0.1, -0.05) is 39.2 Å². The van der Waals surface area contributed by atoms with Crippen LogP contribution in [0.15, 0.2) is 29.2 Å². The van der Waals surface area contributed by atoms with Gasteiger partial charge in [0.2, 0.25) is 10.0 Å². The number of unbranched alkanes of at least 4 members (excludes halogenated alkanes) is 1. The molecule has 1 atom stereocenters. The van der Waals surface area contributed by atoms with Crippen LogP contribution in [0, 0.1) is 5.92 Å². The molecular weight excluding hydrogens is 290 g/mol. The maximum atomic E-state index is 12.2. The van der Waals surface area contributed by atoms with Crippen molar-refractivity contribution < 1.29 is 18.3 Å². The summed E-state index contributed by atoms with van der Waals surface area (Å²) in [7, 11) is -3.66. The molecule has 2 N–H and O–H groups in total. The Labute approximate surface area is 126 Å². The largest absolute Gasteiger partial charge is 0.478 e. The third kappa shape index (κ3) is 5.47. The Morgan fingerprint density at radius 3 is 2.62 bits per heavy atom. The van der Waals surface area contributed by atoms with E-state index < -0.39 is 16.0 Å². The number of nitrogens with one attached hydrogen (secondary N) is 1. The number of carboxylic acids is 1. The predicted molar refractivity (Wildman–Crippen MR) is 81.9 cm³/mol. The van der Waals surface area contributed by atoms with E-state index in [0.29, 0.717) is 12.5 Å². The molecule has 0 radical (unpaired) electrons. The molecule has 1 rings (SSSR count). The van der Waals surface area contributed by atoms with E-state index in [1.54, 1.807) is 0 Å².